The Morgan fingerprint density at radius 2 is 1.78 bits per heavy atom. The Kier molecular flexibility index (Phi) is 5.46. The minimum Gasteiger partial charge on any atom is -0.336 e. The van der Waals surface area contributed by atoms with Crippen LogP contribution in [0.25, 0.3) is 0 Å². The van der Waals surface area contributed by atoms with Gasteiger partial charge in [-0.2, -0.15) is 0 Å². The summed E-state index contributed by atoms with van der Waals surface area (Å²) in [6.45, 7) is 3.68. The maximum Gasteiger partial charge on any atom is 0.273 e. The fraction of sp³-hybridized carbons (Fsp3) is 0.316. The van der Waals surface area contributed by atoms with E-state index in [4.69, 9.17) is 0 Å². The number of nitro benzene ring substituents is 1. The molecule has 0 spiro atoms. The van der Waals surface area contributed by atoms with Crippen LogP contribution >= 0.6 is 0 Å². The smallest absolute Gasteiger partial charge is 0.273 e. The predicted octanol–water partition coefficient (Wildman–Crippen LogP) is 3.14. The third-order valence-electron chi connectivity index (χ3n) is 4.82. The summed E-state index contributed by atoms with van der Waals surface area (Å²) in [6, 6.07) is 8.55. The summed E-state index contributed by atoms with van der Waals surface area (Å²) in [5.41, 5.74) is 0.857. The van der Waals surface area contributed by atoms with Gasteiger partial charge in [-0.05, 0) is 19.1 Å². The summed E-state index contributed by atoms with van der Waals surface area (Å²) >= 11 is 0. The first kappa shape index (κ1) is 18.9. The van der Waals surface area contributed by atoms with E-state index < -0.39 is 16.6 Å². The number of hydrogen-bond donors (Lipinski definition) is 0. The minimum absolute atomic E-state index is 0.0823. The van der Waals surface area contributed by atoms with Crippen molar-refractivity contribution in [3.63, 3.8) is 0 Å². The van der Waals surface area contributed by atoms with Crippen LogP contribution in [-0.4, -0.2) is 46.8 Å². The maximum absolute atomic E-state index is 13.8. The van der Waals surface area contributed by atoms with E-state index in [9.17, 15) is 23.7 Å². The van der Waals surface area contributed by atoms with Gasteiger partial charge < -0.3 is 4.90 Å². The quantitative estimate of drug-likeness (QED) is 0.608. The molecule has 2 aromatic rings. The van der Waals surface area contributed by atoms with Crippen LogP contribution in [0, 0.1) is 28.7 Å². The lowest BCUT2D eigenvalue weighted by molar-refractivity contribution is -0.385. The largest absolute Gasteiger partial charge is 0.336 e. The Balaban J connectivity index is 1.66. The van der Waals surface area contributed by atoms with Crippen molar-refractivity contribution >= 4 is 11.6 Å². The Labute approximate surface area is 155 Å². The summed E-state index contributed by atoms with van der Waals surface area (Å²) in [5, 5.41) is 11.1. The molecule has 0 unspecified atom stereocenters. The normalized spacial score (nSPS) is 15.0. The summed E-state index contributed by atoms with van der Waals surface area (Å²) in [6.07, 6.45) is 0. The molecule has 1 fully saturated rings. The van der Waals surface area contributed by atoms with Crippen LogP contribution in [0.1, 0.15) is 21.5 Å². The maximum atomic E-state index is 13.8. The number of nitro groups is 1. The molecule has 0 atom stereocenters. The van der Waals surface area contributed by atoms with Crippen LogP contribution in [0.15, 0.2) is 36.4 Å². The van der Waals surface area contributed by atoms with Gasteiger partial charge in [0, 0.05) is 55.5 Å². The van der Waals surface area contributed by atoms with E-state index in [-0.39, 0.29) is 23.7 Å². The van der Waals surface area contributed by atoms with Crippen molar-refractivity contribution < 1.29 is 18.5 Å². The molecule has 0 aromatic heterocycles. The summed E-state index contributed by atoms with van der Waals surface area (Å²) in [7, 11) is 0. The topological polar surface area (TPSA) is 66.7 Å². The van der Waals surface area contributed by atoms with Crippen LogP contribution in [0.5, 0.6) is 0 Å². The Hall–Kier alpha value is -2.87. The fourth-order valence-electron chi connectivity index (χ4n) is 3.24. The Morgan fingerprint density at radius 3 is 2.44 bits per heavy atom. The average molecular weight is 375 g/mol. The van der Waals surface area contributed by atoms with Gasteiger partial charge >= 0.3 is 0 Å². The number of rotatable bonds is 4. The molecule has 1 heterocycles. The molecular weight excluding hydrogens is 356 g/mol. The SMILES string of the molecule is Cc1c(C(=O)N2CCN(Cc3cccc(F)c3F)CC2)cccc1[N+](=O)[O-]. The van der Waals surface area contributed by atoms with Crippen LogP contribution in [-0.2, 0) is 6.54 Å². The van der Waals surface area contributed by atoms with E-state index in [1.807, 2.05) is 4.90 Å². The number of nitrogens with zero attached hydrogens (tertiary/aromatic N) is 3. The molecule has 0 N–H and O–H groups in total. The van der Waals surface area contributed by atoms with E-state index >= 15 is 0 Å². The molecule has 0 radical (unpaired) electrons. The van der Waals surface area contributed by atoms with Crippen molar-refractivity contribution in [2.24, 2.45) is 0 Å². The zero-order valence-electron chi connectivity index (χ0n) is 14.8. The summed E-state index contributed by atoms with van der Waals surface area (Å²) in [5.74, 6) is -1.97. The fourth-order valence-corrected chi connectivity index (χ4v) is 3.24. The van der Waals surface area contributed by atoms with Gasteiger partial charge in [0.05, 0.1) is 4.92 Å². The van der Waals surface area contributed by atoms with Crippen LogP contribution in [0.2, 0.25) is 0 Å². The molecule has 6 nitrogen and oxygen atoms in total. The van der Waals surface area contributed by atoms with Gasteiger partial charge in [-0.3, -0.25) is 19.8 Å². The second kappa shape index (κ2) is 7.79. The van der Waals surface area contributed by atoms with Gasteiger partial charge in [0.25, 0.3) is 11.6 Å². The first-order chi connectivity index (χ1) is 12.9. The first-order valence-electron chi connectivity index (χ1n) is 8.57. The van der Waals surface area contributed by atoms with Crippen LogP contribution in [0.4, 0.5) is 14.5 Å². The van der Waals surface area contributed by atoms with Gasteiger partial charge in [0.15, 0.2) is 11.6 Å². The molecule has 27 heavy (non-hydrogen) atoms. The molecule has 3 rings (SSSR count). The molecule has 1 saturated heterocycles. The molecule has 1 aliphatic heterocycles. The molecule has 2 aromatic carbocycles. The zero-order valence-corrected chi connectivity index (χ0v) is 14.8. The standard InChI is InChI=1S/C19H19F2N3O3/c1-13-15(5-3-7-17(13)24(26)27)19(25)23-10-8-22(9-11-23)12-14-4-2-6-16(20)18(14)21/h2-7H,8-12H2,1H3. The molecule has 1 aliphatic rings. The highest BCUT2D eigenvalue weighted by molar-refractivity contribution is 5.96. The van der Waals surface area contributed by atoms with E-state index in [1.54, 1.807) is 24.0 Å². The summed E-state index contributed by atoms with van der Waals surface area (Å²) < 4.78 is 27.1. The highest BCUT2D eigenvalue weighted by Gasteiger charge is 2.26. The van der Waals surface area contributed by atoms with Gasteiger partial charge in [-0.15, -0.1) is 0 Å². The highest BCUT2D eigenvalue weighted by Crippen LogP contribution is 2.23. The number of piperazine rings is 1. The lowest BCUT2D eigenvalue weighted by atomic mass is 10.1. The van der Waals surface area contributed by atoms with Crippen molar-refractivity contribution in [1.82, 2.24) is 9.80 Å². The average Bonchev–Trinajstić information content (AvgIpc) is 2.65. The van der Waals surface area contributed by atoms with Crippen molar-refractivity contribution in [1.29, 1.82) is 0 Å². The number of carbonyl (C=O) groups is 1. The lowest BCUT2D eigenvalue weighted by Crippen LogP contribution is -2.48. The third-order valence-corrected chi connectivity index (χ3v) is 4.82. The Bertz CT molecular complexity index is 880. The van der Waals surface area contributed by atoms with E-state index in [1.165, 1.54) is 18.2 Å². The number of carbonyl (C=O) groups excluding carboxylic acids is 1. The van der Waals surface area contributed by atoms with Crippen molar-refractivity contribution in [2.45, 2.75) is 13.5 Å². The van der Waals surface area contributed by atoms with Gasteiger partial charge in [-0.1, -0.05) is 18.2 Å². The van der Waals surface area contributed by atoms with E-state index in [0.717, 1.165) is 6.07 Å². The second-order valence-electron chi connectivity index (χ2n) is 6.49. The van der Waals surface area contributed by atoms with Crippen LogP contribution < -0.4 is 0 Å². The van der Waals surface area contributed by atoms with Crippen LogP contribution in [0.3, 0.4) is 0 Å². The van der Waals surface area contributed by atoms with E-state index in [2.05, 4.69) is 0 Å². The molecule has 0 bridgehead atoms. The Morgan fingerprint density at radius 1 is 1.11 bits per heavy atom. The van der Waals surface area contributed by atoms with Gasteiger partial charge in [0.1, 0.15) is 0 Å². The zero-order chi connectivity index (χ0) is 19.6. The number of amides is 1. The summed E-state index contributed by atoms with van der Waals surface area (Å²) in [4.78, 5) is 26.9. The molecule has 142 valence electrons. The molecular formula is C19H19F2N3O3. The number of hydrogen-bond acceptors (Lipinski definition) is 4. The van der Waals surface area contributed by atoms with Crippen molar-refractivity contribution in [3.8, 4) is 0 Å². The third kappa shape index (κ3) is 3.95. The van der Waals surface area contributed by atoms with Crippen molar-refractivity contribution in [3.05, 3.63) is 74.8 Å². The monoisotopic (exact) mass is 375 g/mol. The first-order valence-corrected chi connectivity index (χ1v) is 8.57. The molecule has 8 heteroatoms. The number of benzene rings is 2. The lowest BCUT2D eigenvalue weighted by Gasteiger charge is -2.35. The molecule has 1 amide bonds. The van der Waals surface area contributed by atoms with Gasteiger partial charge in [0.2, 0.25) is 0 Å². The van der Waals surface area contributed by atoms with Gasteiger partial charge in [-0.25, -0.2) is 8.78 Å². The highest BCUT2D eigenvalue weighted by atomic mass is 19.2. The minimum atomic E-state index is -0.873. The predicted molar refractivity (Wildman–Crippen MR) is 95.4 cm³/mol. The second-order valence-corrected chi connectivity index (χ2v) is 6.49. The van der Waals surface area contributed by atoms with E-state index in [0.29, 0.717) is 37.3 Å². The number of halogens is 2. The molecule has 0 saturated carbocycles. The van der Waals surface area contributed by atoms with Crippen molar-refractivity contribution in [2.75, 3.05) is 26.2 Å². The molecule has 0 aliphatic carbocycles.